The van der Waals surface area contributed by atoms with Crippen molar-refractivity contribution < 1.29 is 14.3 Å². The van der Waals surface area contributed by atoms with E-state index in [0.717, 1.165) is 21.7 Å². The number of ether oxygens (including phenoxy) is 1. The fourth-order valence-electron chi connectivity index (χ4n) is 3.04. The van der Waals surface area contributed by atoms with Crippen molar-refractivity contribution in [3.05, 3.63) is 64.2 Å². The van der Waals surface area contributed by atoms with Crippen LogP contribution in [0.2, 0.25) is 0 Å². The minimum Gasteiger partial charge on any atom is -0.481 e. The molecule has 1 N–H and O–H groups in total. The molecule has 1 heterocycles. The van der Waals surface area contributed by atoms with Crippen LogP contribution in [-0.2, 0) is 9.59 Å². The Bertz CT molecular complexity index is 967. The van der Waals surface area contributed by atoms with E-state index in [1.165, 1.54) is 0 Å². The summed E-state index contributed by atoms with van der Waals surface area (Å²) >= 11 is 0. The van der Waals surface area contributed by atoms with Crippen LogP contribution in [0, 0.1) is 19.8 Å². The van der Waals surface area contributed by atoms with Crippen LogP contribution < -0.4 is 20.6 Å². The number of rotatable bonds is 6. The molecule has 5 nitrogen and oxygen atoms in total. The molecule has 0 bridgehead atoms. The Hall–Kier alpha value is -2.95. The first-order valence-electron chi connectivity index (χ1n) is 9.16. The number of hydrogen-bond donors (Lipinski definition) is 1. The number of nitrogens with one attached hydrogen (secondary N) is 1. The third-order valence-electron chi connectivity index (χ3n) is 4.83. The Labute approximate surface area is 158 Å². The summed E-state index contributed by atoms with van der Waals surface area (Å²) in [5, 5.41) is 4.59. The average Bonchev–Trinajstić information content (AvgIpc) is 2.66. The second-order valence-electron chi connectivity index (χ2n) is 6.82. The third kappa shape index (κ3) is 4.42. The van der Waals surface area contributed by atoms with Gasteiger partial charge in [-0.2, -0.15) is 0 Å². The van der Waals surface area contributed by atoms with Gasteiger partial charge in [-0.05, 0) is 55.7 Å². The number of hydrogen-bond acceptors (Lipinski definition) is 3. The van der Waals surface area contributed by atoms with E-state index in [1.54, 1.807) is 6.92 Å². The molecule has 0 aromatic heterocycles. The lowest BCUT2D eigenvalue weighted by atomic mass is 9.98. The zero-order valence-electron chi connectivity index (χ0n) is 15.9. The Morgan fingerprint density at radius 3 is 2.67 bits per heavy atom. The molecule has 2 atom stereocenters. The molecular formula is C22H24N2O3. The fourth-order valence-corrected chi connectivity index (χ4v) is 3.04. The van der Waals surface area contributed by atoms with Crippen LogP contribution >= 0.6 is 0 Å². The summed E-state index contributed by atoms with van der Waals surface area (Å²) < 4.78 is 5.61. The Morgan fingerprint density at radius 2 is 1.93 bits per heavy atom. The maximum atomic E-state index is 12.3. The van der Waals surface area contributed by atoms with Gasteiger partial charge < -0.3 is 10.1 Å². The lowest BCUT2D eigenvalue weighted by molar-refractivity contribution is -0.127. The largest absolute Gasteiger partial charge is 0.481 e. The molecular weight excluding hydrogens is 340 g/mol. The van der Waals surface area contributed by atoms with Crippen LogP contribution in [-0.4, -0.2) is 24.5 Å². The van der Waals surface area contributed by atoms with Crippen LogP contribution in [0.1, 0.15) is 24.5 Å². The first-order valence-corrected chi connectivity index (χ1v) is 9.16. The van der Waals surface area contributed by atoms with Gasteiger partial charge in [-0.25, -0.2) is 4.99 Å². The molecule has 0 saturated carbocycles. The fraction of sp³-hybridized carbons (Fsp3) is 0.318. The predicted octanol–water partition coefficient (Wildman–Crippen LogP) is 1.83. The molecule has 0 fully saturated rings. The molecule has 2 aromatic rings. The Balaban J connectivity index is 1.57. The molecule has 3 rings (SSSR count). The van der Waals surface area contributed by atoms with E-state index in [2.05, 4.69) is 10.3 Å². The van der Waals surface area contributed by atoms with Crippen molar-refractivity contribution in [2.45, 2.75) is 33.3 Å². The smallest absolute Gasteiger partial charge is 0.260 e. The number of nitrogens with zero attached hydrogens (tertiary/aromatic N) is 1. The van der Waals surface area contributed by atoms with Crippen LogP contribution in [0.3, 0.4) is 0 Å². The van der Waals surface area contributed by atoms with Gasteiger partial charge in [-0.1, -0.05) is 36.4 Å². The quantitative estimate of drug-likeness (QED) is 0.850. The molecule has 0 saturated heterocycles. The minimum absolute atomic E-state index is 0.154. The summed E-state index contributed by atoms with van der Waals surface area (Å²) in [7, 11) is 0. The number of carbonyl (C=O) groups is 2. The zero-order chi connectivity index (χ0) is 19.4. The summed E-state index contributed by atoms with van der Waals surface area (Å²) in [6.45, 7) is 6.09. The van der Waals surface area contributed by atoms with E-state index < -0.39 is 6.10 Å². The van der Waals surface area contributed by atoms with Gasteiger partial charge in [0.2, 0.25) is 0 Å². The molecule has 1 aliphatic rings. The van der Waals surface area contributed by atoms with Gasteiger partial charge in [0, 0.05) is 6.54 Å². The van der Waals surface area contributed by atoms with Crippen molar-refractivity contribution in [3.8, 4) is 5.75 Å². The van der Waals surface area contributed by atoms with E-state index in [4.69, 9.17) is 4.74 Å². The maximum Gasteiger partial charge on any atom is 0.260 e. The average molecular weight is 364 g/mol. The molecule has 0 spiro atoms. The van der Waals surface area contributed by atoms with Crippen molar-refractivity contribution in [1.29, 1.82) is 0 Å². The van der Waals surface area contributed by atoms with Gasteiger partial charge in [-0.15, -0.1) is 0 Å². The molecule has 0 aliphatic carbocycles. The van der Waals surface area contributed by atoms with Crippen molar-refractivity contribution in [1.82, 2.24) is 5.32 Å². The monoisotopic (exact) mass is 364 g/mol. The normalized spacial score (nSPS) is 16.6. The molecule has 2 unspecified atom stereocenters. The number of carbonyl (C=O) groups excluding carboxylic acids is 2. The lowest BCUT2D eigenvalue weighted by Gasteiger charge is -2.17. The van der Waals surface area contributed by atoms with Crippen LogP contribution in [0.15, 0.2) is 47.5 Å². The van der Waals surface area contributed by atoms with Crippen molar-refractivity contribution >= 4 is 17.9 Å². The minimum atomic E-state index is -0.602. The first-order chi connectivity index (χ1) is 13.0. The molecule has 27 heavy (non-hydrogen) atoms. The molecule has 2 aromatic carbocycles. The van der Waals surface area contributed by atoms with Crippen LogP contribution in [0.4, 0.5) is 0 Å². The second-order valence-corrected chi connectivity index (χ2v) is 6.82. The SMILES string of the molecule is Cc1ccc2c(c1C)=NC(=O)C(CCNC(=O)C(C)Oc1ccccc1)C=2. The Kier molecular flexibility index (Phi) is 5.69. The molecule has 2 amide bonds. The first kappa shape index (κ1) is 18.8. The highest BCUT2D eigenvalue weighted by Crippen LogP contribution is 2.12. The molecule has 140 valence electrons. The van der Waals surface area contributed by atoms with E-state index in [1.807, 2.05) is 62.4 Å². The van der Waals surface area contributed by atoms with E-state index >= 15 is 0 Å². The van der Waals surface area contributed by atoms with Crippen molar-refractivity contribution in [2.24, 2.45) is 10.9 Å². The summed E-state index contributed by atoms with van der Waals surface area (Å²) in [5.41, 5.74) is 2.16. The Morgan fingerprint density at radius 1 is 1.19 bits per heavy atom. The van der Waals surface area contributed by atoms with Gasteiger partial charge in [0.15, 0.2) is 6.10 Å². The predicted molar refractivity (Wildman–Crippen MR) is 104 cm³/mol. The number of para-hydroxylation sites is 1. The standard InChI is InChI=1S/C22H24N2O3/c1-14-9-10-17-13-18(22(26)24-20(17)15(14)2)11-12-23-21(25)16(3)27-19-7-5-4-6-8-19/h4-10,13,16,18H,11-12H2,1-3H3,(H,23,25). The van der Waals surface area contributed by atoms with Crippen molar-refractivity contribution in [2.75, 3.05) is 6.54 Å². The van der Waals surface area contributed by atoms with Gasteiger partial charge >= 0.3 is 0 Å². The summed E-state index contributed by atoms with van der Waals surface area (Å²) in [5.74, 6) is -0.0211. The molecule has 1 aliphatic heterocycles. The van der Waals surface area contributed by atoms with Crippen LogP contribution in [0.5, 0.6) is 5.75 Å². The zero-order valence-corrected chi connectivity index (χ0v) is 15.9. The number of amides is 2. The van der Waals surface area contributed by atoms with Gasteiger partial charge in [-0.3, -0.25) is 9.59 Å². The van der Waals surface area contributed by atoms with Gasteiger partial charge in [0.1, 0.15) is 5.75 Å². The highest BCUT2D eigenvalue weighted by molar-refractivity contribution is 5.86. The topological polar surface area (TPSA) is 67.8 Å². The van der Waals surface area contributed by atoms with Gasteiger partial charge in [0.05, 0.1) is 11.3 Å². The molecule has 5 heteroatoms. The number of fused-ring (bicyclic) bond motifs is 1. The highest BCUT2D eigenvalue weighted by Gasteiger charge is 2.20. The third-order valence-corrected chi connectivity index (χ3v) is 4.83. The van der Waals surface area contributed by atoms with E-state index in [9.17, 15) is 9.59 Å². The van der Waals surface area contributed by atoms with Crippen molar-refractivity contribution in [3.63, 3.8) is 0 Å². The number of benzene rings is 2. The van der Waals surface area contributed by atoms with E-state index in [-0.39, 0.29) is 17.7 Å². The summed E-state index contributed by atoms with van der Waals surface area (Å²) in [6, 6.07) is 13.3. The summed E-state index contributed by atoms with van der Waals surface area (Å²) in [4.78, 5) is 28.8. The van der Waals surface area contributed by atoms with Crippen LogP contribution in [0.25, 0.3) is 6.08 Å². The molecule has 0 radical (unpaired) electrons. The second kappa shape index (κ2) is 8.16. The highest BCUT2D eigenvalue weighted by atomic mass is 16.5. The number of aryl methyl sites for hydroxylation is 1. The summed E-state index contributed by atoms with van der Waals surface area (Å²) in [6.07, 6.45) is 1.86. The lowest BCUT2D eigenvalue weighted by Crippen LogP contribution is -2.39. The van der Waals surface area contributed by atoms with Gasteiger partial charge in [0.25, 0.3) is 11.8 Å². The van der Waals surface area contributed by atoms with E-state index in [0.29, 0.717) is 18.7 Å². The maximum absolute atomic E-state index is 12.3.